The van der Waals surface area contributed by atoms with Crippen molar-refractivity contribution in [2.24, 2.45) is 11.3 Å². The van der Waals surface area contributed by atoms with E-state index in [9.17, 15) is 20.0 Å². The van der Waals surface area contributed by atoms with Crippen LogP contribution in [0.4, 0.5) is 17.1 Å². The molecule has 2 unspecified atom stereocenters. The van der Waals surface area contributed by atoms with Gasteiger partial charge in [-0.25, -0.2) is 0 Å². The maximum atomic E-state index is 11.6. The van der Waals surface area contributed by atoms with Crippen LogP contribution < -0.4 is 10.6 Å². The molecular weight excluding hydrogens is 294 g/mol. The van der Waals surface area contributed by atoms with Gasteiger partial charge in [-0.1, -0.05) is 20.8 Å². The van der Waals surface area contributed by atoms with Gasteiger partial charge in [0, 0.05) is 12.1 Å². The second-order valence-electron chi connectivity index (χ2n) is 6.14. The lowest BCUT2D eigenvalue weighted by atomic mass is 9.78. The zero-order valence-corrected chi connectivity index (χ0v) is 12.8. The first-order valence-corrected chi connectivity index (χ1v) is 6.79. The number of hydrogen-bond donors (Lipinski definition) is 4. The van der Waals surface area contributed by atoms with Gasteiger partial charge in [0.2, 0.25) is 0 Å². The van der Waals surface area contributed by atoms with Crippen molar-refractivity contribution in [2.75, 3.05) is 10.6 Å². The van der Waals surface area contributed by atoms with Gasteiger partial charge in [-0.2, -0.15) is 0 Å². The van der Waals surface area contributed by atoms with Crippen molar-refractivity contribution in [1.29, 1.82) is 0 Å². The van der Waals surface area contributed by atoms with Gasteiger partial charge in [-0.3, -0.25) is 14.9 Å². The third kappa shape index (κ3) is 2.76. The third-order valence-electron chi connectivity index (χ3n) is 3.40. The number of thiol groups is 1. The number of hydrogen-bond acceptors (Lipinski definition) is 6. The largest absolute Gasteiger partial charge is 0.481 e. The first-order chi connectivity index (χ1) is 9.54. The Morgan fingerprint density at radius 3 is 2.43 bits per heavy atom. The molecule has 2 atom stereocenters. The Morgan fingerprint density at radius 1 is 1.38 bits per heavy atom. The highest BCUT2D eigenvalue weighted by Gasteiger charge is 2.50. The quantitative estimate of drug-likeness (QED) is 0.389. The number of non-ortho nitro benzene ring substituents is 1. The topological polar surface area (TPSA) is 104 Å². The average molecular weight is 311 g/mol. The van der Waals surface area contributed by atoms with Crippen molar-refractivity contribution in [3.63, 3.8) is 0 Å². The summed E-state index contributed by atoms with van der Waals surface area (Å²) in [6.07, 6.45) is 0. The number of rotatable bonds is 3. The number of fused-ring (bicyclic) bond motifs is 1. The normalized spacial score (nSPS) is 21.9. The fraction of sp³-hybridized carbons (Fsp3) is 0.462. The molecule has 0 spiro atoms. The van der Waals surface area contributed by atoms with Crippen molar-refractivity contribution in [2.45, 2.75) is 25.8 Å². The molecule has 8 heteroatoms. The highest BCUT2D eigenvalue weighted by molar-refractivity contribution is 7.82. The van der Waals surface area contributed by atoms with Crippen LogP contribution in [0.15, 0.2) is 18.2 Å². The van der Waals surface area contributed by atoms with Gasteiger partial charge >= 0.3 is 5.97 Å². The van der Waals surface area contributed by atoms with E-state index >= 15 is 0 Å². The van der Waals surface area contributed by atoms with Gasteiger partial charge < -0.3 is 15.7 Å². The number of carboxylic acid groups (broad SMARTS) is 1. The lowest BCUT2D eigenvalue weighted by molar-refractivity contribution is -0.384. The number of nitro benzene ring substituents is 1. The number of nitrogens with zero attached hydrogens (tertiary/aromatic N) is 1. The second kappa shape index (κ2) is 4.80. The van der Waals surface area contributed by atoms with Crippen LogP contribution in [-0.2, 0) is 4.79 Å². The van der Waals surface area contributed by atoms with Crippen LogP contribution in [-0.4, -0.2) is 21.0 Å². The van der Waals surface area contributed by atoms with E-state index < -0.39 is 27.2 Å². The second-order valence-corrected chi connectivity index (χ2v) is 6.85. The summed E-state index contributed by atoms with van der Waals surface area (Å²) in [5, 5.41) is 26.3. The van der Waals surface area contributed by atoms with Crippen molar-refractivity contribution in [1.82, 2.24) is 0 Å². The Morgan fingerprint density at radius 2 is 1.95 bits per heavy atom. The van der Waals surface area contributed by atoms with Crippen molar-refractivity contribution in [3.05, 3.63) is 28.3 Å². The molecule has 1 aromatic carbocycles. The fourth-order valence-corrected chi connectivity index (χ4v) is 3.36. The summed E-state index contributed by atoms with van der Waals surface area (Å²) in [5.41, 5.74) is 0.422. The van der Waals surface area contributed by atoms with Gasteiger partial charge in [0.25, 0.3) is 5.69 Å². The number of nitrogens with one attached hydrogen (secondary N) is 2. The van der Waals surface area contributed by atoms with Crippen LogP contribution in [0.1, 0.15) is 20.8 Å². The minimum Gasteiger partial charge on any atom is -0.481 e. The molecule has 0 aromatic heterocycles. The van der Waals surface area contributed by atoms with Crippen molar-refractivity contribution < 1.29 is 14.8 Å². The summed E-state index contributed by atoms with van der Waals surface area (Å²) in [7, 11) is 0. The summed E-state index contributed by atoms with van der Waals surface area (Å²) in [6.45, 7) is 5.41. The molecule has 21 heavy (non-hydrogen) atoms. The van der Waals surface area contributed by atoms with Gasteiger partial charge in [0.15, 0.2) is 4.99 Å². The molecule has 0 saturated carbocycles. The molecule has 3 N–H and O–H groups in total. The summed E-state index contributed by atoms with van der Waals surface area (Å²) in [4.78, 5) is 20.7. The standard InChI is InChI=1S/C13H17N3O4S/c1-12(2,3)10(11(17)18)13(21)14-8-5-4-7(16(19)20)6-9(8)15-13/h4-6,10,14-15,21H,1-3H3,(H,17,18). The van der Waals surface area contributed by atoms with Gasteiger partial charge in [-0.05, 0) is 11.5 Å². The Bertz CT molecular complexity index is 614. The molecule has 1 heterocycles. The Labute approximate surface area is 127 Å². The predicted octanol–water partition coefficient (Wildman–Crippen LogP) is 2.76. The molecule has 114 valence electrons. The summed E-state index contributed by atoms with van der Waals surface area (Å²) in [6, 6.07) is 4.27. The maximum Gasteiger partial charge on any atom is 0.312 e. The van der Waals surface area contributed by atoms with E-state index in [-0.39, 0.29) is 5.69 Å². The molecule has 0 aliphatic carbocycles. The summed E-state index contributed by atoms with van der Waals surface area (Å²) >= 11 is 4.47. The lowest BCUT2D eigenvalue weighted by Gasteiger charge is -2.39. The summed E-state index contributed by atoms with van der Waals surface area (Å²) < 4.78 is 0. The molecule has 1 aliphatic heterocycles. The average Bonchev–Trinajstić information content (AvgIpc) is 2.60. The molecule has 0 bridgehead atoms. The molecule has 2 rings (SSSR count). The molecule has 1 aliphatic rings. The SMILES string of the molecule is CC(C)(C)C(C(=O)O)C1(S)Nc2ccc([N+](=O)[O-])cc2N1. The van der Waals surface area contributed by atoms with E-state index in [0.29, 0.717) is 11.4 Å². The third-order valence-corrected chi connectivity index (χ3v) is 3.88. The fourth-order valence-electron chi connectivity index (χ4n) is 2.62. The molecule has 7 nitrogen and oxygen atoms in total. The first kappa shape index (κ1) is 15.4. The lowest BCUT2D eigenvalue weighted by Crippen LogP contribution is -2.52. The van der Waals surface area contributed by atoms with Crippen LogP contribution in [0.2, 0.25) is 0 Å². The highest BCUT2D eigenvalue weighted by Crippen LogP contribution is 2.46. The molecule has 0 amide bonds. The minimum absolute atomic E-state index is 0.0664. The highest BCUT2D eigenvalue weighted by atomic mass is 32.1. The molecule has 1 aromatic rings. The summed E-state index contributed by atoms with van der Waals surface area (Å²) in [5.74, 6) is -1.86. The number of benzene rings is 1. The van der Waals surface area contributed by atoms with E-state index in [2.05, 4.69) is 23.3 Å². The van der Waals surface area contributed by atoms with Crippen molar-refractivity contribution in [3.8, 4) is 0 Å². The monoisotopic (exact) mass is 311 g/mol. The minimum atomic E-state index is -1.22. The number of nitro groups is 1. The van der Waals surface area contributed by atoms with Crippen LogP contribution in [0, 0.1) is 21.4 Å². The van der Waals surface area contributed by atoms with Crippen LogP contribution in [0.25, 0.3) is 0 Å². The van der Waals surface area contributed by atoms with Crippen LogP contribution in [0.3, 0.4) is 0 Å². The maximum absolute atomic E-state index is 11.6. The van der Waals surface area contributed by atoms with E-state index in [1.54, 1.807) is 26.8 Å². The van der Waals surface area contributed by atoms with E-state index in [1.165, 1.54) is 12.1 Å². The van der Waals surface area contributed by atoms with Gasteiger partial charge in [-0.15, -0.1) is 12.6 Å². The van der Waals surface area contributed by atoms with E-state index in [1.807, 2.05) is 0 Å². The number of carboxylic acids is 1. The van der Waals surface area contributed by atoms with Crippen molar-refractivity contribution >= 4 is 35.7 Å². The van der Waals surface area contributed by atoms with Gasteiger partial charge in [0.1, 0.15) is 5.92 Å². The Kier molecular flexibility index (Phi) is 3.53. The molecule has 0 radical (unpaired) electrons. The Balaban J connectivity index is 2.40. The predicted molar refractivity (Wildman–Crippen MR) is 82.6 cm³/mol. The molecule has 0 fully saturated rings. The zero-order valence-electron chi connectivity index (χ0n) is 11.9. The first-order valence-electron chi connectivity index (χ1n) is 6.34. The molecular formula is C13H17N3O4S. The number of anilines is 2. The van der Waals surface area contributed by atoms with E-state index in [4.69, 9.17) is 0 Å². The van der Waals surface area contributed by atoms with Gasteiger partial charge in [0.05, 0.1) is 16.3 Å². The zero-order chi connectivity index (χ0) is 16.0. The number of aliphatic carboxylic acids is 1. The molecule has 0 saturated heterocycles. The number of carbonyl (C=O) groups is 1. The smallest absolute Gasteiger partial charge is 0.312 e. The van der Waals surface area contributed by atoms with Crippen LogP contribution >= 0.6 is 12.6 Å². The van der Waals surface area contributed by atoms with Crippen LogP contribution in [0.5, 0.6) is 0 Å². The van der Waals surface area contributed by atoms with E-state index in [0.717, 1.165) is 0 Å². The Hall–Kier alpha value is -1.96.